The predicted octanol–water partition coefficient (Wildman–Crippen LogP) is 5.45. The van der Waals surface area contributed by atoms with Crippen LogP contribution in [0.2, 0.25) is 0 Å². The summed E-state index contributed by atoms with van der Waals surface area (Å²) in [7, 11) is 0. The summed E-state index contributed by atoms with van der Waals surface area (Å²) in [5.41, 5.74) is 2.75. The molecule has 1 fully saturated rings. The molecule has 2 aromatic carbocycles. The lowest BCUT2D eigenvalue weighted by atomic mass is 9.94. The number of nitrogens with zero attached hydrogens (tertiary/aromatic N) is 3. The first kappa shape index (κ1) is 37.6. The summed E-state index contributed by atoms with van der Waals surface area (Å²) in [6, 6.07) is 13.5. The Morgan fingerprint density at radius 2 is 1.79 bits per heavy atom. The summed E-state index contributed by atoms with van der Waals surface area (Å²) in [6.07, 6.45) is 2.75. The maximum atomic E-state index is 14.5. The number of para-hydroxylation sites is 2. The molecule has 2 aliphatic heterocycles. The van der Waals surface area contributed by atoms with Gasteiger partial charge in [-0.1, -0.05) is 30.3 Å². The molecule has 0 spiro atoms. The summed E-state index contributed by atoms with van der Waals surface area (Å²) >= 11 is 1.53. The molecule has 1 unspecified atom stereocenters. The van der Waals surface area contributed by atoms with Crippen LogP contribution in [0.1, 0.15) is 71.1 Å². The molecule has 2 aromatic heterocycles. The van der Waals surface area contributed by atoms with Crippen LogP contribution in [0.4, 0.5) is 16.2 Å². The maximum Gasteiger partial charge on any atom is 0.408 e. The van der Waals surface area contributed by atoms with Crippen LogP contribution in [0.3, 0.4) is 0 Å². The number of hydrogen-bond donors (Lipinski definition) is 3. The molecule has 2 atom stereocenters. The molecule has 0 aliphatic carbocycles. The van der Waals surface area contributed by atoms with Crippen molar-refractivity contribution in [2.75, 3.05) is 16.3 Å². The number of alkyl carbamates (subject to hydrolysis) is 1. The average Bonchev–Trinajstić information content (AvgIpc) is 3.85. The zero-order chi connectivity index (χ0) is 38.1. The van der Waals surface area contributed by atoms with Crippen molar-refractivity contribution in [2.45, 2.75) is 104 Å². The van der Waals surface area contributed by atoms with E-state index in [2.05, 4.69) is 20.5 Å². The number of aryl methyl sites for hydroxylation is 1. The van der Waals surface area contributed by atoms with Crippen molar-refractivity contribution < 1.29 is 28.7 Å². The van der Waals surface area contributed by atoms with Crippen LogP contribution in [0, 0.1) is 0 Å². The van der Waals surface area contributed by atoms with Gasteiger partial charge in [0.15, 0.2) is 0 Å². The van der Waals surface area contributed by atoms with Crippen LogP contribution in [-0.4, -0.2) is 64.1 Å². The van der Waals surface area contributed by atoms with Crippen LogP contribution in [0.5, 0.6) is 0 Å². The van der Waals surface area contributed by atoms with E-state index in [0.717, 1.165) is 34.0 Å². The maximum absolute atomic E-state index is 14.5. The number of benzene rings is 2. The largest absolute Gasteiger partial charge is 0.444 e. The fourth-order valence-corrected chi connectivity index (χ4v) is 7.68. The molecule has 6 rings (SSSR count). The van der Waals surface area contributed by atoms with E-state index < -0.39 is 41.1 Å². The molecule has 0 saturated carbocycles. The summed E-state index contributed by atoms with van der Waals surface area (Å²) < 4.78 is 7.48. The third-order valence-corrected chi connectivity index (χ3v) is 10.3. The number of rotatable bonds is 11. The molecular formula is C40H48N6O6S. The summed E-state index contributed by atoms with van der Waals surface area (Å²) in [4.78, 5) is 71.8. The van der Waals surface area contributed by atoms with Gasteiger partial charge in [0.2, 0.25) is 23.6 Å². The van der Waals surface area contributed by atoms with Gasteiger partial charge < -0.3 is 35.1 Å². The first-order chi connectivity index (χ1) is 25.1. The lowest BCUT2D eigenvalue weighted by Crippen LogP contribution is -2.61. The fraction of sp³-hybridized carbons (Fsp3) is 0.425. The number of aromatic nitrogens is 1. The molecule has 2 aliphatic rings. The summed E-state index contributed by atoms with van der Waals surface area (Å²) in [5, 5.41) is 13.4. The van der Waals surface area contributed by atoms with Crippen molar-refractivity contribution in [3.05, 3.63) is 82.2 Å². The molecule has 1 saturated heterocycles. The Labute approximate surface area is 313 Å². The Morgan fingerprint density at radius 1 is 1.02 bits per heavy atom. The number of fused-ring (bicyclic) bond motifs is 2. The average molecular weight is 741 g/mol. The van der Waals surface area contributed by atoms with Gasteiger partial charge in [-0.05, 0) is 93.6 Å². The second kappa shape index (κ2) is 15.1. The Morgan fingerprint density at radius 3 is 2.47 bits per heavy atom. The van der Waals surface area contributed by atoms with Crippen LogP contribution < -0.4 is 25.8 Å². The van der Waals surface area contributed by atoms with Gasteiger partial charge in [0.1, 0.15) is 23.2 Å². The van der Waals surface area contributed by atoms with E-state index in [0.29, 0.717) is 30.9 Å². The van der Waals surface area contributed by atoms with E-state index in [1.807, 2.05) is 72.4 Å². The number of amides is 5. The van der Waals surface area contributed by atoms with Crippen LogP contribution in [-0.2, 0) is 49.8 Å². The van der Waals surface area contributed by atoms with Gasteiger partial charge in [-0.2, -0.15) is 11.3 Å². The van der Waals surface area contributed by atoms with Crippen molar-refractivity contribution in [2.24, 2.45) is 0 Å². The minimum Gasteiger partial charge on any atom is -0.444 e. The minimum atomic E-state index is -1.45. The van der Waals surface area contributed by atoms with Crippen LogP contribution in [0.25, 0.3) is 10.9 Å². The highest BCUT2D eigenvalue weighted by atomic mass is 32.1. The lowest BCUT2D eigenvalue weighted by molar-refractivity contribution is -0.133. The highest BCUT2D eigenvalue weighted by Gasteiger charge is 2.40. The van der Waals surface area contributed by atoms with Crippen molar-refractivity contribution in [3.63, 3.8) is 0 Å². The highest BCUT2D eigenvalue weighted by Crippen LogP contribution is 2.40. The van der Waals surface area contributed by atoms with Crippen molar-refractivity contribution in [3.8, 4) is 0 Å². The number of carbonyl (C=O) groups excluding carboxylic acids is 5. The number of thiophene rings is 1. The first-order valence-corrected chi connectivity index (χ1v) is 19.0. The van der Waals surface area contributed by atoms with Gasteiger partial charge in [-0.25, -0.2) is 4.79 Å². The van der Waals surface area contributed by atoms with Crippen LogP contribution in [0.15, 0.2) is 65.5 Å². The van der Waals surface area contributed by atoms with Gasteiger partial charge in [-0.3, -0.25) is 19.2 Å². The van der Waals surface area contributed by atoms with Crippen LogP contribution >= 0.6 is 11.3 Å². The molecule has 53 heavy (non-hydrogen) atoms. The third-order valence-electron chi connectivity index (χ3n) is 9.60. The SMILES string of the molecule is CCn1cc(C[C@@H](NC(=O)C(C)(C)NC(=O)OC(C)(C)C)C(=O)NC2Cc3cccc(N4CCCC4=O)c3N(Cc3ccsc3)C2=O)c2ccccc21. The normalized spacial score (nSPS) is 16.8. The fourth-order valence-electron chi connectivity index (χ4n) is 7.02. The third kappa shape index (κ3) is 8.25. The second-order valence-electron chi connectivity index (χ2n) is 15.2. The quantitative estimate of drug-likeness (QED) is 0.187. The van der Waals surface area contributed by atoms with Crippen molar-refractivity contribution in [1.29, 1.82) is 0 Å². The van der Waals surface area contributed by atoms with Gasteiger partial charge >= 0.3 is 6.09 Å². The number of carbonyl (C=O) groups is 5. The Bertz CT molecular complexity index is 2030. The number of anilines is 2. The van der Waals surface area contributed by atoms with Gasteiger partial charge in [0.05, 0.1) is 17.9 Å². The van der Waals surface area contributed by atoms with Gasteiger partial charge in [0, 0.05) is 49.5 Å². The number of nitrogens with one attached hydrogen (secondary N) is 3. The molecular weight excluding hydrogens is 693 g/mol. The van der Waals surface area contributed by atoms with Gasteiger partial charge in [-0.15, -0.1) is 0 Å². The van der Waals surface area contributed by atoms with E-state index in [-0.39, 0.29) is 31.2 Å². The second-order valence-corrected chi connectivity index (χ2v) is 16.0. The van der Waals surface area contributed by atoms with E-state index in [1.54, 1.807) is 30.6 Å². The highest BCUT2D eigenvalue weighted by molar-refractivity contribution is 7.07. The molecule has 5 amide bonds. The summed E-state index contributed by atoms with van der Waals surface area (Å²) in [5.74, 6) is -1.43. The molecule has 13 heteroatoms. The molecule has 12 nitrogen and oxygen atoms in total. The number of hydrogen-bond acceptors (Lipinski definition) is 7. The minimum absolute atomic E-state index is 0.0175. The van der Waals surface area contributed by atoms with Crippen molar-refractivity contribution in [1.82, 2.24) is 20.5 Å². The van der Waals surface area contributed by atoms with Gasteiger partial charge in [0.25, 0.3) is 0 Å². The molecule has 4 heterocycles. The van der Waals surface area contributed by atoms with E-state index >= 15 is 0 Å². The monoisotopic (exact) mass is 740 g/mol. The lowest BCUT2D eigenvalue weighted by Gasteiger charge is -2.37. The summed E-state index contributed by atoms with van der Waals surface area (Å²) in [6.45, 7) is 11.8. The van der Waals surface area contributed by atoms with E-state index in [4.69, 9.17) is 4.74 Å². The topological polar surface area (TPSA) is 142 Å². The van der Waals surface area contributed by atoms with E-state index in [9.17, 15) is 24.0 Å². The first-order valence-electron chi connectivity index (χ1n) is 18.1. The standard InChI is InChI=1S/C40H48N6O6S/c1-7-44-23-27(28-13-8-9-14-31(28)44)21-29(42-37(50)40(5,6)43-38(51)52-39(2,3)4)35(48)41-30-20-26-12-10-15-32(45-18-11-16-33(45)47)34(26)46(36(30)49)22-25-17-19-53-24-25/h8-10,12-15,17,19,23-24,29-30H,7,11,16,18,20-22H2,1-6H3,(H,41,48)(H,42,50)(H,43,51)/t29-,30?/m1/s1. The molecule has 280 valence electrons. The Kier molecular flexibility index (Phi) is 10.7. The molecule has 3 N–H and O–H groups in total. The van der Waals surface area contributed by atoms with Crippen molar-refractivity contribution >= 4 is 63.3 Å². The predicted molar refractivity (Wildman–Crippen MR) is 206 cm³/mol. The molecule has 4 aromatic rings. The zero-order valence-corrected chi connectivity index (χ0v) is 32.0. The zero-order valence-electron chi connectivity index (χ0n) is 31.2. The molecule has 0 radical (unpaired) electrons. The van der Waals surface area contributed by atoms with E-state index in [1.165, 1.54) is 25.2 Å². The smallest absolute Gasteiger partial charge is 0.408 e. The number of ether oxygens (including phenoxy) is 1. The molecule has 0 bridgehead atoms. The Balaban J connectivity index is 1.31. The Hall–Kier alpha value is -5.17.